The van der Waals surface area contributed by atoms with E-state index in [1.165, 1.54) is 7.11 Å². The monoisotopic (exact) mass is 192 g/mol. The minimum Gasteiger partial charge on any atom is -0.468 e. The first-order valence-electron chi connectivity index (χ1n) is 4.75. The molecule has 0 aromatic heterocycles. The van der Waals surface area contributed by atoms with Crippen LogP contribution in [0.2, 0.25) is 0 Å². The van der Waals surface area contributed by atoms with Crippen LogP contribution in [0.3, 0.4) is 0 Å². The molecule has 0 unspecified atom stereocenters. The zero-order valence-electron chi connectivity index (χ0n) is 8.86. The number of methoxy groups -OCH3 is 1. The molecule has 76 valence electrons. The summed E-state index contributed by atoms with van der Waals surface area (Å²) in [6, 6.07) is 0. The van der Waals surface area contributed by atoms with E-state index in [4.69, 9.17) is 4.74 Å². The maximum atomic E-state index is 11.7. The van der Waals surface area contributed by atoms with E-state index in [2.05, 4.69) is 0 Å². The van der Waals surface area contributed by atoms with Crippen molar-refractivity contribution in [3.05, 3.63) is 36.5 Å². The molecule has 2 nitrogen and oxygen atoms in total. The molecule has 0 atom stereocenters. The number of hydrogen-bond acceptors (Lipinski definition) is 2. The lowest BCUT2D eigenvalue weighted by atomic mass is 9.77. The Bertz CT molecular complexity index is 279. The largest absolute Gasteiger partial charge is 0.468 e. The van der Waals surface area contributed by atoms with Gasteiger partial charge in [-0.2, -0.15) is 0 Å². The molecular formula is C12H16O2. The highest BCUT2D eigenvalue weighted by Crippen LogP contribution is 2.33. The predicted octanol–water partition coefficient (Wildman–Crippen LogP) is 2.48. The summed E-state index contributed by atoms with van der Waals surface area (Å²) < 4.78 is 4.84. The van der Waals surface area contributed by atoms with Crippen LogP contribution in [0, 0.1) is 11.3 Å². The summed E-state index contributed by atoms with van der Waals surface area (Å²) in [6.45, 7) is 4.02. The molecule has 0 N–H and O–H groups in total. The summed E-state index contributed by atoms with van der Waals surface area (Å²) in [6.07, 6.45) is 11.4. The number of esters is 1. The Kier molecular flexibility index (Phi) is 3.28. The molecule has 0 saturated heterocycles. The first-order valence-corrected chi connectivity index (χ1v) is 4.75. The highest BCUT2D eigenvalue weighted by Gasteiger charge is 2.37. The van der Waals surface area contributed by atoms with Gasteiger partial charge in [-0.3, -0.25) is 4.79 Å². The second-order valence-corrected chi connectivity index (χ2v) is 3.68. The van der Waals surface area contributed by atoms with Gasteiger partial charge in [-0.05, 0) is 5.92 Å². The third-order valence-corrected chi connectivity index (χ3v) is 2.57. The zero-order valence-corrected chi connectivity index (χ0v) is 8.86. The van der Waals surface area contributed by atoms with Gasteiger partial charge in [0.1, 0.15) is 5.41 Å². The number of ether oxygens (including phenoxy) is 1. The summed E-state index contributed by atoms with van der Waals surface area (Å²) >= 11 is 0. The van der Waals surface area contributed by atoms with Crippen LogP contribution < -0.4 is 0 Å². The maximum Gasteiger partial charge on any atom is 0.319 e. The molecule has 0 amide bonds. The van der Waals surface area contributed by atoms with Crippen LogP contribution in [0.4, 0.5) is 0 Å². The van der Waals surface area contributed by atoms with Crippen LogP contribution in [0.5, 0.6) is 0 Å². The molecule has 14 heavy (non-hydrogen) atoms. The molecule has 1 rings (SSSR count). The minimum absolute atomic E-state index is 0.183. The van der Waals surface area contributed by atoms with E-state index in [0.717, 1.165) is 0 Å². The number of carbonyl (C=O) groups excluding carboxylic acids is 1. The van der Waals surface area contributed by atoms with Gasteiger partial charge in [0.15, 0.2) is 0 Å². The average Bonchev–Trinajstić information content (AvgIpc) is 2.42. The van der Waals surface area contributed by atoms with Crippen LogP contribution in [0.1, 0.15) is 13.8 Å². The molecule has 0 fully saturated rings. The predicted molar refractivity (Wildman–Crippen MR) is 56.7 cm³/mol. The fourth-order valence-corrected chi connectivity index (χ4v) is 1.55. The molecule has 1 aliphatic carbocycles. The van der Waals surface area contributed by atoms with Crippen molar-refractivity contribution >= 4 is 5.97 Å². The SMILES string of the molecule is COC(=O)C1(C(C)C)C=CC=CC=C1. The Morgan fingerprint density at radius 2 is 1.64 bits per heavy atom. The van der Waals surface area contributed by atoms with E-state index in [1.807, 2.05) is 50.3 Å². The summed E-state index contributed by atoms with van der Waals surface area (Å²) in [5, 5.41) is 0. The number of rotatable bonds is 2. The highest BCUT2D eigenvalue weighted by atomic mass is 16.5. The van der Waals surface area contributed by atoms with Gasteiger partial charge in [-0.1, -0.05) is 50.3 Å². The molecule has 1 aliphatic rings. The zero-order chi connectivity index (χ0) is 10.6. The van der Waals surface area contributed by atoms with Gasteiger partial charge in [0.2, 0.25) is 0 Å². The van der Waals surface area contributed by atoms with Crippen molar-refractivity contribution in [1.29, 1.82) is 0 Å². The van der Waals surface area contributed by atoms with Crippen LogP contribution >= 0.6 is 0 Å². The third-order valence-electron chi connectivity index (χ3n) is 2.57. The average molecular weight is 192 g/mol. The Labute approximate surface area is 85.0 Å². The van der Waals surface area contributed by atoms with E-state index in [0.29, 0.717) is 0 Å². The van der Waals surface area contributed by atoms with Gasteiger partial charge >= 0.3 is 5.97 Å². The molecule has 0 aromatic rings. The van der Waals surface area contributed by atoms with E-state index in [9.17, 15) is 4.79 Å². The molecule has 2 heteroatoms. The molecule has 0 aromatic carbocycles. The van der Waals surface area contributed by atoms with E-state index in [-0.39, 0.29) is 11.9 Å². The van der Waals surface area contributed by atoms with Gasteiger partial charge in [-0.25, -0.2) is 0 Å². The molecule has 0 aliphatic heterocycles. The lowest BCUT2D eigenvalue weighted by Crippen LogP contribution is -2.33. The summed E-state index contributed by atoms with van der Waals surface area (Å²) in [7, 11) is 1.42. The molecule has 0 bridgehead atoms. The Balaban J connectivity index is 3.10. The van der Waals surface area contributed by atoms with Gasteiger partial charge in [-0.15, -0.1) is 0 Å². The van der Waals surface area contributed by atoms with Crippen molar-refractivity contribution in [3.8, 4) is 0 Å². The van der Waals surface area contributed by atoms with Crippen molar-refractivity contribution in [2.24, 2.45) is 11.3 Å². The minimum atomic E-state index is -0.613. The van der Waals surface area contributed by atoms with Crippen LogP contribution in [0.25, 0.3) is 0 Å². The molecule has 0 spiro atoms. The fourth-order valence-electron chi connectivity index (χ4n) is 1.55. The number of allylic oxidation sites excluding steroid dienone is 4. The Morgan fingerprint density at radius 1 is 1.14 bits per heavy atom. The molecule has 0 heterocycles. The number of carbonyl (C=O) groups is 1. The Hall–Kier alpha value is -1.31. The first-order chi connectivity index (χ1) is 6.63. The van der Waals surface area contributed by atoms with Crippen LogP contribution in [-0.2, 0) is 9.53 Å². The summed E-state index contributed by atoms with van der Waals surface area (Å²) in [5.41, 5.74) is -0.613. The number of hydrogen-bond donors (Lipinski definition) is 0. The van der Waals surface area contributed by atoms with Gasteiger partial charge in [0.25, 0.3) is 0 Å². The van der Waals surface area contributed by atoms with Gasteiger partial charge < -0.3 is 4.74 Å². The van der Waals surface area contributed by atoms with Crippen molar-refractivity contribution in [1.82, 2.24) is 0 Å². The van der Waals surface area contributed by atoms with Crippen LogP contribution in [0.15, 0.2) is 36.5 Å². The maximum absolute atomic E-state index is 11.7. The van der Waals surface area contributed by atoms with Gasteiger partial charge in [0.05, 0.1) is 7.11 Å². The summed E-state index contributed by atoms with van der Waals surface area (Å²) in [5.74, 6) is -0.0222. The lowest BCUT2D eigenvalue weighted by Gasteiger charge is -2.28. The van der Waals surface area contributed by atoms with Crippen molar-refractivity contribution < 1.29 is 9.53 Å². The smallest absolute Gasteiger partial charge is 0.319 e. The lowest BCUT2D eigenvalue weighted by molar-refractivity contribution is -0.149. The second-order valence-electron chi connectivity index (χ2n) is 3.68. The quantitative estimate of drug-likeness (QED) is 0.628. The molecule has 0 radical (unpaired) electrons. The van der Waals surface area contributed by atoms with E-state index < -0.39 is 5.41 Å². The van der Waals surface area contributed by atoms with Crippen LogP contribution in [-0.4, -0.2) is 13.1 Å². The highest BCUT2D eigenvalue weighted by molar-refractivity contribution is 5.82. The first kappa shape index (κ1) is 10.8. The fraction of sp³-hybridized carbons (Fsp3) is 0.417. The van der Waals surface area contributed by atoms with E-state index >= 15 is 0 Å². The summed E-state index contributed by atoms with van der Waals surface area (Å²) in [4.78, 5) is 11.7. The normalized spacial score (nSPS) is 18.3. The molecule has 0 saturated carbocycles. The standard InChI is InChI=1S/C12H16O2/c1-10(2)12(11(13)14-3)8-6-4-5-7-9-12/h4-10H,1-3H3. The van der Waals surface area contributed by atoms with Gasteiger partial charge in [0, 0.05) is 0 Å². The topological polar surface area (TPSA) is 26.3 Å². The van der Waals surface area contributed by atoms with Crippen molar-refractivity contribution in [2.45, 2.75) is 13.8 Å². The van der Waals surface area contributed by atoms with Crippen molar-refractivity contribution in [2.75, 3.05) is 7.11 Å². The molecular weight excluding hydrogens is 176 g/mol. The second kappa shape index (κ2) is 4.27. The third kappa shape index (κ3) is 1.79. The van der Waals surface area contributed by atoms with Crippen molar-refractivity contribution in [3.63, 3.8) is 0 Å². The Morgan fingerprint density at radius 3 is 2.00 bits per heavy atom. The van der Waals surface area contributed by atoms with E-state index in [1.54, 1.807) is 0 Å².